The second kappa shape index (κ2) is 13.7. The van der Waals surface area contributed by atoms with E-state index in [0.29, 0.717) is 0 Å². The number of hydrogen-bond acceptors (Lipinski definition) is 2. The molecule has 1 aromatic carbocycles. The van der Waals surface area contributed by atoms with Gasteiger partial charge in [-0.3, -0.25) is 0 Å². The van der Waals surface area contributed by atoms with Gasteiger partial charge in [0.15, 0.2) is 0 Å². The molecule has 0 N–H and O–H groups in total. The third-order valence-electron chi connectivity index (χ3n) is 5.41. The minimum absolute atomic E-state index is 0.988. The van der Waals surface area contributed by atoms with Crippen molar-refractivity contribution < 1.29 is 0 Å². The Morgan fingerprint density at radius 2 is 0.929 bits per heavy atom. The van der Waals surface area contributed by atoms with Crippen LogP contribution in [0.2, 0.25) is 0 Å². The summed E-state index contributed by atoms with van der Waals surface area (Å²) in [5.41, 5.74) is 4.41. The van der Waals surface area contributed by atoms with Crippen LogP contribution >= 0.6 is 31.9 Å². The Balaban J connectivity index is 2.05. The van der Waals surface area contributed by atoms with Gasteiger partial charge in [-0.05, 0) is 69.7 Å². The number of rotatable bonds is 14. The maximum absolute atomic E-state index is 5.06. The fraction of sp³-hybridized carbons (Fsp3) is 0.667. The Hall–Kier alpha value is -0.480. The van der Waals surface area contributed by atoms with Crippen molar-refractivity contribution in [1.82, 2.24) is 9.97 Å². The number of halogens is 2. The number of benzene rings is 1. The molecule has 0 aliphatic heterocycles. The highest BCUT2D eigenvalue weighted by Crippen LogP contribution is 2.29. The first kappa shape index (κ1) is 23.8. The van der Waals surface area contributed by atoms with Crippen molar-refractivity contribution in [1.29, 1.82) is 0 Å². The first-order valence-electron chi connectivity index (χ1n) is 11.3. The van der Waals surface area contributed by atoms with E-state index in [9.17, 15) is 0 Å². The van der Waals surface area contributed by atoms with Crippen LogP contribution in [-0.4, -0.2) is 9.97 Å². The lowest BCUT2D eigenvalue weighted by atomic mass is 10.0. The first-order valence-corrected chi connectivity index (χ1v) is 12.9. The summed E-state index contributed by atoms with van der Waals surface area (Å²) in [5, 5.41) is 0. The quantitative estimate of drug-likeness (QED) is 0.236. The van der Waals surface area contributed by atoms with E-state index in [1.54, 1.807) is 0 Å². The van der Waals surface area contributed by atoms with Crippen molar-refractivity contribution in [2.45, 2.75) is 104 Å². The molecule has 0 saturated heterocycles. The molecule has 28 heavy (non-hydrogen) atoms. The summed E-state index contributed by atoms with van der Waals surface area (Å²) in [5.74, 6) is 0. The van der Waals surface area contributed by atoms with E-state index >= 15 is 0 Å². The molecule has 0 spiro atoms. The number of unbranched alkanes of at least 4 members (excludes halogenated alkanes) is 10. The van der Waals surface area contributed by atoms with E-state index in [4.69, 9.17) is 9.97 Å². The lowest BCUT2D eigenvalue weighted by Gasteiger charge is -2.12. The predicted octanol–water partition coefficient (Wildman–Crippen LogP) is 8.96. The summed E-state index contributed by atoms with van der Waals surface area (Å²) >= 11 is 7.33. The molecule has 156 valence electrons. The van der Waals surface area contributed by atoms with E-state index in [1.807, 2.05) is 0 Å². The molecule has 0 bridgehead atoms. The van der Waals surface area contributed by atoms with Gasteiger partial charge in [0.05, 0.1) is 11.4 Å². The second-order valence-electron chi connectivity index (χ2n) is 7.88. The van der Waals surface area contributed by atoms with Gasteiger partial charge in [-0.2, -0.15) is 0 Å². The summed E-state index contributed by atoms with van der Waals surface area (Å²) in [4.78, 5) is 10.1. The molecule has 0 amide bonds. The fourth-order valence-corrected chi connectivity index (χ4v) is 4.51. The molecule has 4 heteroatoms. The monoisotopic (exact) mass is 510 g/mol. The molecule has 0 aliphatic rings. The van der Waals surface area contributed by atoms with Gasteiger partial charge < -0.3 is 0 Å². The average Bonchev–Trinajstić information content (AvgIpc) is 2.70. The Labute approximate surface area is 188 Å². The average molecular weight is 512 g/mol. The van der Waals surface area contributed by atoms with E-state index in [-0.39, 0.29) is 0 Å². The zero-order valence-electron chi connectivity index (χ0n) is 17.7. The zero-order chi connectivity index (χ0) is 20.2. The third-order valence-corrected chi connectivity index (χ3v) is 6.69. The standard InChI is InChI=1S/C24H36Br2N2/c1-3-5-7-9-11-13-15-21-22(16-14-12-10-8-6-4-2)28-24-20(26)18-17-19(25)23(24)27-21/h17-18H,3-16H2,1-2H3. The highest BCUT2D eigenvalue weighted by Gasteiger charge is 2.13. The van der Waals surface area contributed by atoms with Crippen LogP contribution in [0.25, 0.3) is 11.0 Å². The molecule has 1 heterocycles. The molecule has 0 aliphatic carbocycles. The number of nitrogens with zero attached hydrogens (tertiary/aromatic N) is 2. The van der Waals surface area contributed by atoms with Gasteiger partial charge in [0, 0.05) is 8.95 Å². The normalized spacial score (nSPS) is 11.4. The number of aromatic nitrogens is 2. The minimum atomic E-state index is 0.988. The summed E-state index contributed by atoms with van der Waals surface area (Å²) < 4.78 is 2.07. The molecule has 2 nitrogen and oxygen atoms in total. The van der Waals surface area contributed by atoms with Crippen LogP contribution in [0.3, 0.4) is 0 Å². The van der Waals surface area contributed by atoms with Gasteiger partial charge in [0.1, 0.15) is 11.0 Å². The van der Waals surface area contributed by atoms with Gasteiger partial charge in [-0.1, -0.05) is 78.1 Å². The Morgan fingerprint density at radius 3 is 1.32 bits per heavy atom. The zero-order valence-corrected chi connectivity index (χ0v) is 20.9. The molecule has 0 saturated carbocycles. The van der Waals surface area contributed by atoms with Gasteiger partial charge in [0.25, 0.3) is 0 Å². The molecule has 2 aromatic rings. The predicted molar refractivity (Wildman–Crippen MR) is 129 cm³/mol. The van der Waals surface area contributed by atoms with Crippen LogP contribution in [0, 0.1) is 0 Å². The molecule has 0 fully saturated rings. The lowest BCUT2D eigenvalue weighted by molar-refractivity contribution is 0.593. The molecule has 0 unspecified atom stereocenters. The van der Waals surface area contributed by atoms with E-state index in [0.717, 1.165) is 32.8 Å². The Kier molecular flexibility index (Phi) is 11.6. The lowest BCUT2D eigenvalue weighted by Crippen LogP contribution is -2.04. The summed E-state index contributed by atoms with van der Waals surface area (Å²) in [6.45, 7) is 4.55. The van der Waals surface area contributed by atoms with Gasteiger partial charge >= 0.3 is 0 Å². The first-order chi connectivity index (χ1) is 13.7. The minimum Gasteiger partial charge on any atom is -0.248 e. The highest BCUT2D eigenvalue weighted by molar-refractivity contribution is 9.11. The Morgan fingerprint density at radius 1 is 0.571 bits per heavy atom. The summed E-state index contributed by atoms with van der Waals surface area (Å²) in [6, 6.07) is 4.12. The van der Waals surface area contributed by atoms with E-state index in [1.165, 1.54) is 88.4 Å². The van der Waals surface area contributed by atoms with Crippen molar-refractivity contribution in [3.8, 4) is 0 Å². The summed E-state index contributed by atoms with van der Waals surface area (Å²) in [7, 11) is 0. The highest BCUT2D eigenvalue weighted by atomic mass is 79.9. The maximum atomic E-state index is 5.06. The fourth-order valence-electron chi connectivity index (χ4n) is 3.69. The van der Waals surface area contributed by atoms with Gasteiger partial charge in [0.2, 0.25) is 0 Å². The number of aryl methyl sites for hydroxylation is 2. The summed E-state index contributed by atoms with van der Waals surface area (Å²) in [6.07, 6.45) is 17.9. The topological polar surface area (TPSA) is 25.8 Å². The second-order valence-corrected chi connectivity index (χ2v) is 9.59. The van der Waals surface area contributed by atoms with Crippen molar-refractivity contribution in [3.05, 3.63) is 32.5 Å². The van der Waals surface area contributed by atoms with Crippen LogP contribution in [0.5, 0.6) is 0 Å². The van der Waals surface area contributed by atoms with Crippen LogP contribution < -0.4 is 0 Å². The molecule has 2 rings (SSSR count). The molecular weight excluding hydrogens is 476 g/mol. The van der Waals surface area contributed by atoms with Crippen LogP contribution in [-0.2, 0) is 12.8 Å². The SMILES string of the molecule is CCCCCCCCc1nc2c(Br)ccc(Br)c2nc1CCCCCCCC. The van der Waals surface area contributed by atoms with Gasteiger partial charge in [-0.25, -0.2) is 9.97 Å². The maximum Gasteiger partial charge on any atom is 0.104 e. The molecule has 0 atom stereocenters. The molecule has 1 aromatic heterocycles. The van der Waals surface area contributed by atoms with Crippen LogP contribution in [0.4, 0.5) is 0 Å². The van der Waals surface area contributed by atoms with Crippen molar-refractivity contribution >= 4 is 42.9 Å². The van der Waals surface area contributed by atoms with Crippen molar-refractivity contribution in [2.75, 3.05) is 0 Å². The van der Waals surface area contributed by atoms with Crippen LogP contribution in [0.15, 0.2) is 21.1 Å². The number of hydrogen-bond donors (Lipinski definition) is 0. The van der Waals surface area contributed by atoms with Gasteiger partial charge in [-0.15, -0.1) is 0 Å². The largest absolute Gasteiger partial charge is 0.248 e. The van der Waals surface area contributed by atoms with Crippen molar-refractivity contribution in [3.63, 3.8) is 0 Å². The van der Waals surface area contributed by atoms with Crippen molar-refractivity contribution in [2.24, 2.45) is 0 Å². The van der Waals surface area contributed by atoms with E-state index in [2.05, 4.69) is 57.8 Å². The number of fused-ring (bicyclic) bond motifs is 1. The van der Waals surface area contributed by atoms with E-state index < -0.39 is 0 Å². The third kappa shape index (κ3) is 7.74. The molecule has 0 radical (unpaired) electrons. The smallest absolute Gasteiger partial charge is 0.104 e. The molecular formula is C24H36Br2N2. The Bertz CT molecular complexity index is 655. The van der Waals surface area contributed by atoms with Crippen LogP contribution in [0.1, 0.15) is 102 Å².